The van der Waals surface area contributed by atoms with Crippen molar-refractivity contribution in [2.75, 3.05) is 5.75 Å². The molecule has 0 aliphatic heterocycles. The van der Waals surface area contributed by atoms with Gasteiger partial charge in [0.05, 0.1) is 0 Å². The molecular formula is C12H26S2. The number of thiol groups is 1. The maximum absolute atomic E-state index is 4.88. The Morgan fingerprint density at radius 2 is 1.14 bits per heavy atom. The smallest absolute Gasteiger partial charge is 0.00491 e. The highest BCUT2D eigenvalue weighted by Crippen LogP contribution is 2.10. The van der Waals surface area contributed by atoms with Gasteiger partial charge in [-0.05, 0) is 12.2 Å². The molecule has 0 fully saturated rings. The molecule has 0 aromatic rings. The minimum Gasteiger partial charge on any atom is -0.136 e. The SMILES string of the molecule is CCCCCCCCCCCC[SH]=S. The second-order valence-corrected chi connectivity index (χ2v) is 5.51. The van der Waals surface area contributed by atoms with E-state index in [0.717, 1.165) is 10.3 Å². The van der Waals surface area contributed by atoms with Crippen LogP contribution in [-0.2, 0) is 21.5 Å². The van der Waals surface area contributed by atoms with E-state index in [1.807, 2.05) is 0 Å². The predicted octanol–water partition coefficient (Wildman–Crippen LogP) is 4.18. The Kier molecular flexibility index (Phi) is 14.1. The largest absolute Gasteiger partial charge is 0.136 e. The van der Waals surface area contributed by atoms with Crippen molar-refractivity contribution in [3.8, 4) is 0 Å². The van der Waals surface area contributed by atoms with E-state index in [0.29, 0.717) is 0 Å². The summed E-state index contributed by atoms with van der Waals surface area (Å²) in [7, 11) is 1.16. The Morgan fingerprint density at radius 3 is 1.57 bits per heavy atom. The van der Waals surface area contributed by atoms with Crippen LogP contribution in [0.2, 0.25) is 0 Å². The van der Waals surface area contributed by atoms with Gasteiger partial charge in [-0.1, -0.05) is 75.9 Å². The van der Waals surface area contributed by atoms with Crippen molar-refractivity contribution in [2.45, 2.75) is 71.1 Å². The molecule has 0 unspecified atom stereocenters. The lowest BCUT2D eigenvalue weighted by molar-refractivity contribution is 0.563. The lowest BCUT2D eigenvalue weighted by atomic mass is 10.1. The van der Waals surface area contributed by atoms with Gasteiger partial charge in [0.1, 0.15) is 0 Å². The maximum atomic E-state index is 4.88. The molecule has 2 heteroatoms. The van der Waals surface area contributed by atoms with E-state index in [-0.39, 0.29) is 0 Å². The molecule has 0 rings (SSSR count). The van der Waals surface area contributed by atoms with Crippen LogP contribution in [-0.4, -0.2) is 5.75 Å². The van der Waals surface area contributed by atoms with Gasteiger partial charge in [-0.2, -0.15) is 0 Å². The standard InChI is InChI=1S/C12H26S2/c1-2-3-4-5-6-7-8-9-10-11-12-14-13/h14H,2-12H2,1H3. The van der Waals surface area contributed by atoms with Crippen LogP contribution in [0, 0.1) is 0 Å². The Morgan fingerprint density at radius 1 is 0.714 bits per heavy atom. The minimum atomic E-state index is 1.16. The molecule has 14 heavy (non-hydrogen) atoms. The third-order valence-corrected chi connectivity index (χ3v) is 3.65. The topological polar surface area (TPSA) is 0 Å². The summed E-state index contributed by atoms with van der Waals surface area (Å²) in [6, 6.07) is 0. The highest BCUT2D eigenvalue weighted by Gasteiger charge is 1.91. The molecule has 0 nitrogen and oxygen atoms in total. The van der Waals surface area contributed by atoms with E-state index in [4.69, 9.17) is 11.2 Å². The summed E-state index contributed by atoms with van der Waals surface area (Å²) in [5.41, 5.74) is 0. The van der Waals surface area contributed by atoms with E-state index < -0.39 is 0 Å². The summed E-state index contributed by atoms with van der Waals surface area (Å²) < 4.78 is 0. The third-order valence-electron chi connectivity index (χ3n) is 2.60. The van der Waals surface area contributed by atoms with E-state index >= 15 is 0 Å². The van der Waals surface area contributed by atoms with Crippen molar-refractivity contribution in [1.29, 1.82) is 0 Å². The molecule has 0 heterocycles. The lowest BCUT2D eigenvalue weighted by Crippen LogP contribution is -1.84. The van der Waals surface area contributed by atoms with Gasteiger partial charge >= 0.3 is 0 Å². The monoisotopic (exact) mass is 234 g/mol. The van der Waals surface area contributed by atoms with Crippen molar-refractivity contribution in [1.82, 2.24) is 0 Å². The minimum absolute atomic E-state index is 1.16. The van der Waals surface area contributed by atoms with Crippen molar-refractivity contribution < 1.29 is 0 Å². The Balaban J connectivity index is 2.81. The molecule has 0 radical (unpaired) electrons. The average molecular weight is 234 g/mol. The van der Waals surface area contributed by atoms with Crippen molar-refractivity contribution in [2.24, 2.45) is 0 Å². The first-order chi connectivity index (χ1) is 6.91. The first-order valence-corrected chi connectivity index (χ1v) is 8.30. The first kappa shape index (κ1) is 14.6. The molecule has 0 N–H and O–H groups in total. The third kappa shape index (κ3) is 12.6. The molecule has 0 atom stereocenters. The summed E-state index contributed by atoms with van der Waals surface area (Å²) in [5.74, 6) is 1.23. The second-order valence-electron chi connectivity index (χ2n) is 4.03. The number of hydrogen-bond acceptors (Lipinski definition) is 1. The van der Waals surface area contributed by atoms with Gasteiger partial charge in [0, 0.05) is 0 Å². The van der Waals surface area contributed by atoms with Crippen LogP contribution in [0.3, 0.4) is 0 Å². The number of hydrogen-bond donors (Lipinski definition) is 1. The van der Waals surface area contributed by atoms with Crippen LogP contribution in [0.4, 0.5) is 0 Å². The summed E-state index contributed by atoms with van der Waals surface area (Å²) in [5, 5.41) is 0. The fourth-order valence-corrected chi connectivity index (χ4v) is 2.40. The molecule has 0 spiro atoms. The molecule has 0 aromatic heterocycles. The average Bonchev–Trinajstić information content (AvgIpc) is 2.21. The highest BCUT2D eigenvalue weighted by molar-refractivity contribution is 8.17. The second kappa shape index (κ2) is 13.6. The van der Waals surface area contributed by atoms with E-state index in [9.17, 15) is 0 Å². The number of rotatable bonds is 11. The molecule has 0 aliphatic carbocycles. The van der Waals surface area contributed by atoms with Crippen molar-refractivity contribution in [3.63, 3.8) is 0 Å². The van der Waals surface area contributed by atoms with Crippen LogP contribution in [0.15, 0.2) is 0 Å². The van der Waals surface area contributed by atoms with Gasteiger partial charge < -0.3 is 0 Å². The van der Waals surface area contributed by atoms with Crippen LogP contribution < -0.4 is 0 Å². The van der Waals surface area contributed by atoms with Gasteiger partial charge in [0.15, 0.2) is 0 Å². The van der Waals surface area contributed by atoms with Crippen LogP contribution in [0.5, 0.6) is 0 Å². The lowest BCUT2D eigenvalue weighted by Gasteiger charge is -2.00. The first-order valence-electron chi connectivity index (χ1n) is 6.21. The van der Waals surface area contributed by atoms with E-state index in [1.54, 1.807) is 0 Å². The molecule has 0 bridgehead atoms. The molecule has 86 valence electrons. The zero-order valence-electron chi connectivity index (χ0n) is 9.63. The fraction of sp³-hybridized carbons (Fsp3) is 1.00. The van der Waals surface area contributed by atoms with Gasteiger partial charge in [-0.25, -0.2) is 0 Å². The Hall–Kier alpha value is 0.570. The van der Waals surface area contributed by atoms with Gasteiger partial charge in [-0.15, -0.1) is 10.3 Å². The van der Waals surface area contributed by atoms with Crippen LogP contribution in [0.25, 0.3) is 0 Å². The maximum Gasteiger partial charge on any atom is -0.00491 e. The van der Waals surface area contributed by atoms with Gasteiger partial charge in [-0.3, -0.25) is 0 Å². The molecular weight excluding hydrogens is 208 g/mol. The van der Waals surface area contributed by atoms with E-state index in [2.05, 4.69) is 6.92 Å². The summed E-state index contributed by atoms with van der Waals surface area (Å²) in [6.45, 7) is 2.28. The number of unbranched alkanes of at least 4 members (excludes halogenated alkanes) is 9. The van der Waals surface area contributed by atoms with Crippen LogP contribution >= 0.6 is 0 Å². The van der Waals surface area contributed by atoms with Crippen LogP contribution in [0.1, 0.15) is 71.1 Å². The molecule has 0 saturated carbocycles. The van der Waals surface area contributed by atoms with Crippen molar-refractivity contribution in [3.05, 3.63) is 0 Å². The molecule has 0 aliphatic rings. The van der Waals surface area contributed by atoms with Crippen molar-refractivity contribution >= 4 is 21.5 Å². The quantitative estimate of drug-likeness (QED) is 0.413. The Bertz CT molecular complexity index is 113. The summed E-state index contributed by atoms with van der Waals surface area (Å²) in [6.07, 6.45) is 14.2. The van der Waals surface area contributed by atoms with E-state index in [1.165, 1.54) is 70.0 Å². The normalized spacial score (nSPS) is 10.6. The molecule has 0 saturated heterocycles. The van der Waals surface area contributed by atoms with Gasteiger partial charge in [0.2, 0.25) is 0 Å². The summed E-state index contributed by atoms with van der Waals surface area (Å²) >= 11 is 4.88. The Labute approximate surface area is 98.5 Å². The highest BCUT2D eigenvalue weighted by atomic mass is 32.8. The predicted molar refractivity (Wildman–Crippen MR) is 72.8 cm³/mol. The molecule has 0 amide bonds. The zero-order valence-corrected chi connectivity index (χ0v) is 11.3. The zero-order chi connectivity index (χ0) is 10.5. The summed E-state index contributed by atoms with van der Waals surface area (Å²) in [4.78, 5) is 0. The fourth-order valence-electron chi connectivity index (χ4n) is 1.66. The van der Waals surface area contributed by atoms with Gasteiger partial charge in [0.25, 0.3) is 0 Å². The molecule has 0 aromatic carbocycles.